The molecule has 1 amide bonds. The van der Waals surface area contributed by atoms with Crippen LogP contribution < -0.4 is 5.32 Å². The number of pyridine rings is 1. The Balaban J connectivity index is 1.61. The zero-order chi connectivity index (χ0) is 16.4. The van der Waals surface area contributed by atoms with Crippen molar-refractivity contribution < 1.29 is 13.2 Å². The number of nitrogens with one attached hydrogen (secondary N) is 1. The first-order valence-corrected chi connectivity index (χ1v) is 9.97. The van der Waals surface area contributed by atoms with E-state index in [0.717, 1.165) is 19.5 Å². The lowest BCUT2D eigenvalue weighted by Gasteiger charge is -2.30. The molecular weight excluding hydrogens is 314 g/mol. The fourth-order valence-corrected chi connectivity index (χ4v) is 4.95. The van der Waals surface area contributed by atoms with Gasteiger partial charge in [0, 0.05) is 25.3 Å². The number of anilines is 1. The summed E-state index contributed by atoms with van der Waals surface area (Å²) in [6.45, 7) is 3.78. The molecule has 0 radical (unpaired) electrons. The Hall–Kier alpha value is -1.63. The molecule has 2 aliphatic heterocycles. The monoisotopic (exact) mass is 337 g/mol. The first-order valence-electron chi connectivity index (χ1n) is 8.15. The Kier molecular flexibility index (Phi) is 4.57. The average Bonchev–Trinajstić information content (AvgIpc) is 2.86. The van der Waals surface area contributed by atoms with Crippen molar-refractivity contribution in [3.8, 4) is 0 Å². The molecule has 2 atom stereocenters. The Morgan fingerprint density at radius 1 is 1.35 bits per heavy atom. The van der Waals surface area contributed by atoms with Crippen molar-refractivity contribution in [2.45, 2.75) is 32.2 Å². The van der Waals surface area contributed by atoms with Crippen molar-refractivity contribution in [3.63, 3.8) is 0 Å². The number of carbonyl (C=O) groups excluding carboxylic acids is 1. The Bertz CT molecular complexity index is 672. The molecule has 0 aliphatic carbocycles. The summed E-state index contributed by atoms with van der Waals surface area (Å²) in [5, 5.41) is 3.13. The van der Waals surface area contributed by atoms with Gasteiger partial charge < -0.3 is 10.2 Å². The highest BCUT2D eigenvalue weighted by molar-refractivity contribution is 7.91. The van der Waals surface area contributed by atoms with Gasteiger partial charge in [-0.1, -0.05) is 6.92 Å². The summed E-state index contributed by atoms with van der Waals surface area (Å²) in [6, 6.07) is 3.43. The van der Waals surface area contributed by atoms with Crippen LogP contribution >= 0.6 is 0 Å². The third kappa shape index (κ3) is 4.02. The standard InChI is InChI=1S/C16H23N3O3S/c1-12-3-2-7-19(10-12)16(20)13-4-5-15(17-9-13)18-14-6-8-23(21,22)11-14/h4-5,9,12,14H,2-3,6-8,10-11H2,1H3,(H,17,18). The molecule has 0 bridgehead atoms. The van der Waals surface area contributed by atoms with Gasteiger partial charge in [-0.15, -0.1) is 0 Å². The average molecular weight is 337 g/mol. The van der Waals surface area contributed by atoms with E-state index in [0.29, 0.717) is 23.7 Å². The van der Waals surface area contributed by atoms with Crippen LogP contribution in [0.25, 0.3) is 0 Å². The van der Waals surface area contributed by atoms with Crippen molar-refractivity contribution in [1.82, 2.24) is 9.88 Å². The highest BCUT2D eigenvalue weighted by atomic mass is 32.2. The van der Waals surface area contributed by atoms with E-state index in [2.05, 4.69) is 17.2 Å². The summed E-state index contributed by atoms with van der Waals surface area (Å²) >= 11 is 0. The lowest BCUT2D eigenvalue weighted by atomic mass is 10.00. The molecule has 0 aromatic carbocycles. The molecule has 2 aliphatic rings. The Morgan fingerprint density at radius 2 is 2.17 bits per heavy atom. The van der Waals surface area contributed by atoms with E-state index in [9.17, 15) is 13.2 Å². The van der Waals surface area contributed by atoms with E-state index >= 15 is 0 Å². The smallest absolute Gasteiger partial charge is 0.255 e. The lowest BCUT2D eigenvalue weighted by Crippen LogP contribution is -2.39. The highest BCUT2D eigenvalue weighted by Crippen LogP contribution is 2.19. The molecule has 2 fully saturated rings. The summed E-state index contributed by atoms with van der Waals surface area (Å²) in [5.74, 6) is 1.58. The second-order valence-electron chi connectivity index (χ2n) is 6.67. The molecule has 7 heteroatoms. The minimum Gasteiger partial charge on any atom is -0.366 e. The SMILES string of the molecule is CC1CCCN(C(=O)c2ccc(NC3CCS(=O)(=O)C3)nc2)C1. The number of aromatic nitrogens is 1. The van der Waals surface area contributed by atoms with Gasteiger partial charge in [-0.2, -0.15) is 0 Å². The number of hydrogen-bond donors (Lipinski definition) is 1. The van der Waals surface area contributed by atoms with E-state index < -0.39 is 9.84 Å². The molecule has 126 valence electrons. The van der Waals surface area contributed by atoms with E-state index in [1.807, 2.05) is 4.90 Å². The predicted octanol–water partition coefficient (Wildman–Crippen LogP) is 1.55. The minimum atomic E-state index is -2.91. The van der Waals surface area contributed by atoms with E-state index in [1.54, 1.807) is 18.3 Å². The highest BCUT2D eigenvalue weighted by Gasteiger charge is 2.28. The van der Waals surface area contributed by atoms with Gasteiger partial charge in [0.2, 0.25) is 0 Å². The maximum Gasteiger partial charge on any atom is 0.255 e. The van der Waals surface area contributed by atoms with Gasteiger partial charge in [-0.3, -0.25) is 4.79 Å². The molecular formula is C16H23N3O3S. The molecule has 6 nitrogen and oxygen atoms in total. The van der Waals surface area contributed by atoms with Crippen LogP contribution in [-0.4, -0.2) is 54.8 Å². The zero-order valence-electron chi connectivity index (χ0n) is 13.4. The van der Waals surface area contributed by atoms with Crippen LogP contribution in [0.1, 0.15) is 36.5 Å². The number of rotatable bonds is 3. The first kappa shape index (κ1) is 16.2. The third-order valence-electron chi connectivity index (χ3n) is 4.54. The maximum absolute atomic E-state index is 12.5. The summed E-state index contributed by atoms with van der Waals surface area (Å²) in [4.78, 5) is 18.6. The topological polar surface area (TPSA) is 79.4 Å². The Labute approximate surface area is 137 Å². The van der Waals surface area contributed by atoms with Crippen LogP contribution in [0.4, 0.5) is 5.82 Å². The zero-order valence-corrected chi connectivity index (χ0v) is 14.2. The van der Waals surface area contributed by atoms with Crippen LogP contribution in [0.3, 0.4) is 0 Å². The molecule has 3 heterocycles. The molecule has 1 aromatic rings. The lowest BCUT2D eigenvalue weighted by molar-refractivity contribution is 0.0682. The van der Waals surface area contributed by atoms with Crippen molar-refractivity contribution in [1.29, 1.82) is 0 Å². The van der Waals surface area contributed by atoms with Crippen LogP contribution in [0.5, 0.6) is 0 Å². The number of sulfone groups is 1. The van der Waals surface area contributed by atoms with Gasteiger partial charge in [-0.05, 0) is 37.3 Å². The number of nitrogens with zero attached hydrogens (tertiary/aromatic N) is 2. The molecule has 23 heavy (non-hydrogen) atoms. The molecule has 3 rings (SSSR count). The van der Waals surface area contributed by atoms with Crippen molar-refractivity contribution >= 4 is 21.6 Å². The van der Waals surface area contributed by atoms with Gasteiger partial charge in [0.25, 0.3) is 5.91 Å². The number of piperidine rings is 1. The molecule has 1 aromatic heterocycles. The van der Waals surface area contributed by atoms with Crippen LogP contribution in [0, 0.1) is 5.92 Å². The van der Waals surface area contributed by atoms with Gasteiger partial charge in [0.1, 0.15) is 5.82 Å². The summed E-state index contributed by atoms with van der Waals surface area (Å²) in [5.41, 5.74) is 0.587. The Morgan fingerprint density at radius 3 is 2.78 bits per heavy atom. The second-order valence-corrected chi connectivity index (χ2v) is 8.90. The summed E-state index contributed by atoms with van der Waals surface area (Å²) in [6.07, 6.45) is 4.41. The van der Waals surface area contributed by atoms with Gasteiger partial charge in [0.05, 0.1) is 17.1 Å². The van der Waals surface area contributed by atoms with Crippen LogP contribution in [-0.2, 0) is 9.84 Å². The second kappa shape index (κ2) is 6.47. The van der Waals surface area contributed by atoms with Crippen molar-refractivity contribution in [2.24, 2.45) is 5.92 Å². The number of carbonyl (C=O) groups is 1. The number of likely N-dealkylation sites (tertiary alicyclic amines) is 1. The normalized spacial score (nSPS) is 26.9. The van der Waals surface area contributed by atoms with E-state index in [1.165, 1.54) is 6.42 Å². The fourth-order valence-electron chi connectivity index (χ4n) is 3.28. The predicted molar refractivity (Wildman–Crippen MR) is 89.2 cm³/mol. The first-order chi connectivity index (χ1) is 10.9. The number of amides is 1. The fraction of sp³-hybridized carbons (Fsp3) is 0.625. The van der Waals surface area contributed by atoms with E-state index in [4.69, 9.17) is 0 Å². The third-order valence-corrected chi connectivity index (χ3v) is 6.31. The minimum absolute atomic E-state index is 0.0269. The van der Waals surface area contributed by atoms with Crippen LogP contribution in [0.15, 0.2) is 18.3 Å². The maximum atomic E-state index is 12.5. The van der Waals surface area contributed by atoms with Crippen molar-refractivity contribution in [3.05, 3.63) is 23.9 Å². The molecule has 0 spiro atoms. The van der Waals surface area contributed by atoms with Crippen LogP contribution in [0.2, 0.25) is 0 Å². The summed E-state index contributed by atoms with van der Waals surface area (Å²) < 4.78 is 22.9. The quantitative estimate of drug-likeness (QED) is 0.905. The molecule has 2 unspecified atom stereocenters. The van der Waals surface area contributed by atoms with E-state index in [-0.39, 0.29) is 23.5 Å². The molecule has 1 N–H and O–H groups in total. The molecule has 0 saturated carbocycles. The van der Waals surface area contributed by atoms with Gasteiger partial charge >= 0.3 is 0 Å². The molecule has 2 saturated heterocycles. The van der Waals surface area contributed by atoms with Crippen molar-refractivity contribution in [2.75, 3.05) is 29.9 Å². The largest absolute Gasteiger partial charge is 0.366 e. The van der Waals surface area contributed by atoms with Gasteiger partial charge in [-0.25, -0.2) is 13.4 Å². The summed E-state index contributed by atoms with van der Waals surface area (Å²) in [7, 11) is -2.91. The number of hydrogen-bond acceptors (Lipinski definition) is 5. The van der Waals surface area contributed by atoms with Gasteiger partial charge in [0.15, 0.2) is 9.84 Å².